The van der Waals surface area contributed by atoms with Crippen LogP contribution in [0.5, 0.6) is 11.5 Å². The first-order valence-electron chi connectivity index (χ1n) is 14.1. The summed E-state index contributed by atoms with van der Waals surface area (Å²) in [5, 5.41) is 9.67. The highest BCUT2D eigenvalue weighted by atomic mass is 19.1. The number of hydrogen-bond acceptors (Lipinski definition) is 7. The van der Waals surface area contributed by atoms with Crippen LogP contribution in [0.15, 0.2) is 54.6 Å². The first kappa shape index (κ1) is 31.9. The summed E-state index contributed by atoms with van der Waals surface area (Å²) < 4.78 is 37.8. The summed E-state index contributed by atoms with van der Waals surface area (Å²) in [6.45, 7) is 12.4. The number of aliphatic hydroxyl groups excluding tert-OH is 1. The molecule has 1 aliphatic rings. The van der Waals surface area contributed by atoms with Crippen molar-refractivity contribution in [2.75, 3.05) is 33.0 Å². The van der Waals surface area contributed by atoms with Crippen LogP contribution in [0, 0.1) is 11.7 Å². The van der Waals surface area contributed by atoms with Crippen molar-refractivity contribution in [2.45, 2.75) is 58.8 Å². The number of esters is 2. The summed E-state index contributed by atoms with van der Waals surface area (Å²) >= 11 is 0. The minimum absolute atomic E-state index is 0.00497. The highest BCUT2D eigenvalue weighted by Gasteiger charge is 2.22. The summed E-state index contributed by atoms with van der Waals surface area (Å²) in [5.74, 6) is 0.382. The molecule has 1 fully saturated rings. The maximum absolute atomic E-state index is 15.7. The monoisotopic (exact) mass is 568 g/mol. The molecule has 3 rings (SSSR count). The van der Waals surface area contributed by atoms with Gasteiger partial charge >= 0.3 is 11.9 Å². The van der Waals surface area contributed by atoms with Gasteiger partial charge in [-0.05, 0) is 68.7 Å². The minimum Gasteiger partial charge on any atom is -0.490 e. The molecule has 1 N–H and O–H groups in total. The fourth-order valence-corrected chi connectivity index (χ4v) is 4.80. The minimum atomic E-state index is -0.523. The van der Waals surface area contributed by atoms with Gasteiger partial charge in [-0.15, -0.1) is 0 Å². The van der Waals surface area contributed by atoms with Gasteiger partial charge in [-0.1, -0.05) is 45.1 Å². The van der Waals surface area contributed by atoms with Crippen molar-refractivity contribution in [1.82, 2.24) is 0 Å². The van der Waals surface area contributed by atoms with E-state index >= 15 is 4.39 Å². The third kappa shape index (κ3) is 9.18. The smallest absolute Gasteiger partial charge is 0.333 e. The standard InChI is InChI=1S/C33H41FO7/c1-21(2)32(36)40-16-14-38-30-20-28(27-11-10-25(18-29(27)34)24-8-6-23(5)7-9-24)31(19-26(30)12-13-35)39-15-17-41-33(37)22(3)4/h10-11,18-20,23-24,35H,1,3,6-9,12-17H2,2,4-5H3. The Balaban J connectivity index is 1.90. The molecule has 222 valence electrons. The van der Waals surface area contributed by atoms with E-state index in [9.17, 15) is 14.7 Å². The van der Waals surface area contributed by atoms with Crippen molar-refractivity contribution in [2.24, 2.45) is 5.92 Å². The van der Waals surface area contributed by atoms with E-state index in [1.807, 2.05) is 6.07 Å². The molecule has 0 aliphatic heterocycles. The van der Waals surface area contributed by atoms with Gasteiger partial charge in [0.15, 0.2) is 0 Å². The molecule has 1 saturated carbocycles. The number of ether oxygens (including phenoxy) is 4. The lowest BCUT2D eigenvalue weighted by molar-refractivity contribution is -0.140. The molecule has 0 amide bonds. The summed E-state index contributed by atoms with van der Waals surface area (Å²) in [6, 6.07) is 8.69. The normalized spacial score (nSPS) is 16.5. The molecule has 8 heteroatoms. The van der Waals surface area contributed by atoms with Gasteiger partial charge in [0.1, 0.15) is 43.7 Å². The number of aliphatic hydroxyl groups is 1. The van der Waals surface area contributed by atoms with Gasteiger partial charge in [-0.25, -0.2) is 14.0 Å². The van der Waals surface area contributed by atoms with Crippen molar-refractivity contribution in [1.29, 1.82) is 0 Å². The largest absolute Gasteiger partial charge is 0.490 e. The average Bonchev–Trinajstić information content (AvgIpc) is 2.94. The Labute approximate surface area is 242 Å². The SMILES string of the molecule is C=C(C)C(=O)OCCOc1cc(-c2ccc(C3CCC(C)CC3)cc2F)c(OCCOC(=O)C(=C)C)cc1CCO. The molecule has 0 bridgehead atoms. The third-order valence-electron chi connectivity index (χ3n) is 7.16. The second-order valence-electron chi connectivity index (χ2n) is 10.7. The summed E-state index contributed by atoms with van der Waals surface area (Å²) in [6.07, 6.45) is 4.61. The van der Waals surface area contributed by atoms with E-state index < -0.39 is 11.9 Å². The summed E-state index contributed by atoms with van der Waals surface area (Å²) in [5.41, 5.74) is 2.96. The predicted molar refractivity (Wildman–Crippen MR) is 156 cm³/mol. The Kier molecular flexibility index (Phi) is 12.0. The fraction of sp³-hybridized carbons (Fsp3) is 0.455. The van der Waals surface area contributed by atoms with Crippen LogP contribution >= 0.6 is 0 Å². The number of hydrogen-bond donors (Lipinski definition) is 1. The Morgan fingerprint density at radius 2 is 1.44 bits per heavy atom. The second-order valence-corrected chi connectivity index (χ2v) is 10.7. The van der Waals surface area contributed by atoms with Gasteiger partial charge in [-0.3, -0.25) is 0 Å². The first-order chi connectivity index (χ1) is 19.6. The molecular formula is C33H41FO7. The van der Waals surface area contributed by atoms with E-state index in [-0.39, 0.29) is 56.4 Å². The van der Waals surface area contributed by atoms with Crippen LogP contribution in [0.1, 0.15) is 63.5 Å². The number of rotatable bonds is 14. The van der Waals surface area contributed by atoms with Gasteiger partial charge in [0.25, 0.3) is 0 Å². The molecule has 0 spiro atoms. The van der Waals surface area contributed by atoms with Gasteiger partial charge in [0.2, 0.25) is 0 Å². The van der Waals surface area contributed by atoms with Crippen LogP contribution in [-0.2, 0) is 25.5 Å². The van der Waals surface area contributed by atoms with Crippen LogP contribution in [0.25, 0.3) is 11.1 Å². The van der Waals surface area contributed by atoms with Crippen LogP contribution in [0.4, 0.5) is 4.39 Å². The van der Waals surface area contributed by atoms with Crippen molar-refractivity contribution in [3.8, 4) is 22.6 Å². The molecule has 0 saturated heterocycles. The van der Waals surface area contributed by atoms with Gasteiger partial charge < -0.3 is 24.1 Å². The van der Waals surface area contributed by atoms with Crippen molar-refractivity contribution in [3.63, 3.8) is 0 Å². The van der Waals surface area contributed by atoms with E-state index in [4.69, 9.17) is 18.9 Å². The Morgan fingerprint density at radius 3 is 1.98 bits per heavy atom. The zero-order chi connectivity index (χ0) is 29.9. The Morgan fingerprint density at radius 1 is 0.854 bits per heavy atom. The lowest BCUT2D eigenvalue weighted by atomic mass is 9.79. The van der Waals surface area contributed by atoms with Crippen LogP contribution in [-0.4, -0.2) is 50.1 Å². The zero-order valence-electron chi connectivity index (χ0n) is 24.3. The number of benzene rings is 2. The van der Waals surface area contributed by atoms with Gasteiger partial charge in [-0.2, -0.15) is 0 Å². The molecular weight excluding hydrogens is 527 g/mol. The van der Waals surface area contributed by atoms with Crippen molar-refractivity contribution < 1.29 is 38.0 Å². The molecule has 1 aliphatic carbocycles. The van der Waals surface area contributed by atoms with Crippen LogP contribution in [0.3, 0.4) is 0 Å². The topological polar surface area (TPSA) is 91.3 Å². The van der Waals surface area contributed by atoms with E-state index in [1.165, 1.54) is 0 Å². The highest BCUT2D eigenvalue weighted by molar-refractivity contribution is 5.87. The number of carbonyl (C=O) groups is 2. The summed E-state index contributed by atoms with van der Waals surface area (Å²) in [7, 11) is 0. The molecule has 0 heterocycles. The Bertz CT molecular complexity index is 1240. The molecule has 0 unspecified atom stereocenters. The van der Waals surface area contributed by atoms with Crippen LogP contribution < -0.4 is 9.47 Å². The second kappa shape index (κ2) is 15.4. The average molecular weight is 569 g/mol. The van der Waals surface area contributed by atoms with Gasteiger partial charge in [0.05, 0.1) is 0 Å². The maximum Gasteiger partial charge on any atom is 0.333 e. The Hall–Kier alpha value is -3.65. The molecule has 0 atom stereocenters. The van der Waals surface area contributed by atoms with E-state index in [2.05, 4.69) is 20.1 Å². The van der Waals surface area contributed by atoms with E-state index in [1.54, 1.807) is 38.1 Å². The predicted octanol–water partition coefficient (Wildman–Crippen LogP) is 6.32. The zero-order valence-corrected chi connectivity index (χ0v) is 24.3. The highest BCUT2D eigenvalue weighted by Crippen LogP contribution is 2.41. The fourth-order valence-electron chi connectivity index (χ4n) is 4.80. The molecule has 7 nitrogen and oxygen atoms in total. The van der Waals surface area contributed by atoms with Crippen LogP contribution in [0.2, 0.25) is 0 Å². The molecule has 2 aromatic carbocycles. The van der Waals surface area contributed by atoms with Crippen molar-refractivity contribution in [3.05, 3.63) is 71.6 Å². The molecule has 0 aromatic heterocycles. The molecule has 0 radical (unpaired) electrons. The van der Waals surface area contributed by atoms with Crippen molar-refractivity contribution >= 4 is 11.9 Å². The lowest BCUT2D eigenvalue weighted by Crippen LogP contribution is -2.14. The lowest BCUT2D eigenvalue weighted by Gasteiger charge is -2.26. The maximum atomic E-state index is 15.7. The number of carbonyl (C=O) groups excluding carboxylic acids is 2. The van der Waals surface area contributed by atoms with E-state index in [0.717, 1.165) is 31.2 Å². The van der Waals surface area contributed by atoms with Gasteiger partial charge in [0, 0.05) is 34.4 Å². The molecule has 41 heavy (non-hydrogen) atoms. The molecule has 2 aromatic rings. The third-order valence-corrected chi connectivity index (χ3v) is 7.16. The van der Waals surface area contributed by atoms with E-state index in [0.29, 0.717) is 40.0 Å². The quantitative estimate of drug-likeness (QED) is 0.162. The summed E-state index contributed by atoms with van der Waals surface area (Å²) in [4.78, 5) is 23.5. The number of halogens is 1. The first-order valence-corrected chi connectivity index (χ1v) is 14.1.